The van der Waals surface area contributed by atoms with Crippen molar-refractivity contribution in [3.8, 4) is 0 Å². The van der Waals surface area contributed by atoms with Crippen LogP contribution in [0.15, 0.2) is 29.2 Å². The highest BCUT2D eigenvalue weighted by Gasteiger charge is 2.53. The smallest absolute Gasteiger partial charge is 0.238 e. The Balaban J connectivity index is 1.32. The normalized spacial score (nSPS) is 32.9. The second kappa shape index (κ2) is 7.01. The van der Waals surface area contributed by atoms with Crippen LogP contribution in [0.4, 0.5) is 0 Å². The summed E-state index contributed by atoms with van der Waals surface area (Å²) < 4.78 is 22.7. The van der Waals surface area contributed by atoms with E-state index in [9.17, 15) is 8.42 Å². The van der Waals surface area contributed by atoms with Gasteiger partial charge >= 0.3 is 0 Å². The monoisotopic (exact) mass is 407 g/mol. The number of rotatable bonds is 5. The molecule has 1 aromatic rings. The van der Waals surface area contributed by atoms with Crippen LogP contribution >= 0.6 is 12.2 Å². The predicted octanol–water partition coefficient (Wildman–Crippen LogP) is 2.90. The molecule has 1 unspecified atom stereocenters. The van der Waals surface area contributed by atoms with Gasteiger partial charge in [0, 0.05) is 12.6 Å². The first kappa shape index (κ1) is 19.2. The SMILES string of the molecule is CC(NC(=S)NCc1ccc(S(N)(=O)=O)cc1)C12CC3CC(CC(C3)C1)C2. The Kier molecular flexibility index (Phi) is 4.97. The molecule has 0 heterocycles. The molecule has 0 aliphatic heterocycles. The van der Waals surface area contributed by atoms with E-state index in [0.29, 0.717) is 23.1 Å². The largest absolute Gasteiger partial charge is 0.360 e. The van der Waals surface area contributed by atoms with E-state index in [4.69, 9.17) is 17.4 Å². The summed E-state index contributed by atoms with van der Waals surface area (Å²) >= 11 is 5.53. The van der Waals surface area contributed by atoms with E-state index in [1.807, 2.05) is 0 Å². The maximum atomic E-state index is 11.3. The van der Waals surface area contributed by atoms with Crippen LogP contribution in [0.2, 0.25) is 0 Å². The van der Waals surface area contributed by atoms with E-state index < -0.39 is 10.0 Å². The topological polar surface area (TPSA) is 84.2 Å². The Labute approximate surface area is 167 Å². The summed E-state index contributed by atoms with van der Waals surface area (Å²) in [5, 5.41) is 12.6. The van der Waals surface area contributed by atoms with Crippen LogP contribution in [0.5, 0.6) is 0 Å². The standard InChI is InChI=1S/C20H29N3O2S2/c1-13(20-9-15-6-16(10-20)8-17(7-15)11-20)23-19(26)22-12-14-2-4-18(5-3-14)27(21,24)25/h2-5,13,15-17H,6-12H2,1H3,(H2,21,24,25)(H2,22,23,26). The zero-order chi connectivity index (χ0) is 19.2. The molecule has 4 aliphatic rings. The predicted molar refractivity (Wildman–Crippen MR) is 110 cm³/mol. The summed E-state index contributed by atoms with van der Waals surface area (Å²) in [7, 11) is -3.65. The van der Waals surface area contributed by atoms with Crippen molar-refractivity contribution >= 4 is 27.4 Å². The zero-order valence-electron chi connectivity index (χ0n) is 15.8. The number of nitrogens with one attached hydrogen (secondary N) is 2. The summed E-state index contributed by atoms with van der Waals surface area (Å²) in [6.07, 6.45) is 8.40. The number of sulfonamides is 1. The lowest BCUT2D eigenvalue weighted by atomic mass is 9.48. The molecule has 4 aliphatic carbocycles. The lowest BCUT2D eigenvalue weighted by molar-refractivity contribution is -0.0672. The minimum Gasteiger partial charge on any atom is -0.360 e. The van der Waals surface area contributed by atoms with Crippen molar-refractivity contribution in [3.05, 3.63) is 29.8 Å². The molecular formula is C20H29N3O2S2. The molecule has 0 amide bonds. The van der Waals surface area contributed by atoms with Gasteiger partial charge in [0.2, 0.25) is 10.0 Å². The zero-order valence-corrected chi connectivity index (χ0v) is 17.4. The molecule has 0 saturated heterocycles. The molecule has 0 spiro atoms. The molecule has 4 N–H and O–H groups in total. The Bertz CT molecular complexity index is 785. The molecule has 27 heavy (non-hydrogen) atoms. The molecule has 7 heteroatoms. The van der Waals surface area contributed by atoms with Crippen molar-refractivity contribution in [3.63, 3.8) is 0 Å². The van der Waals surface area contributed by atoms with Crippen LogP contribution in [0.1, 0.15) is 51.0 Å². The van der Waals surface area contributed by atoms with E-state index in [-0.39, 0.29) is 4.90 Å². The van der Waals surface area contributed by atoms with E-state index in [1.165, 1.54) is 50.7 Å². The maximum absolute atomic E-state index is 11.3. The quantitative estimate of drug-likeness (QED) is 0.654. The first-order valence-corrected chi connectivity index (χ1v) is 11.8. The molecular weight excluding hydrogens is 378 g/mol. The average molecular weight is 408 g/mol. The Morgan fingerprint density at radius 2 is 1.67 bits per heavy atom. The second-order valence-electron chi connectivity index (χ2n) is 9.02. The van der Waals surface area contributed by atoms with Gasteiger partial charge in [-0.25, -0.2) is 13.6 Å². The van der Waals surface area contributed by atoms with Gasteiger partial charge in [-0.1, -0.05) is 12.1 Å². The third-order valence-electron chi connectivity index (χ3n) is 7.06. The van der Waals surface area contributed by atoms with Gasteiger partial charge in [-0.05, 0) is 98.5 Å². The van der Waals surface area contributed by atoms with Gasteiger partial charge in [-0.15, -0.1) is 0 Å². The summed E-state index contributed by atoms with van der Waals surface area (Å²) in [6, 6.07) is 6.97. The van der Waals surface area contributed by atoms with Crippen molar-refractivity contribution in [1.82, 2.24) is 10.6 Å². The summed E-state index contributed by atoms with van der Waals surface area (Å²) in [5.41, 5.74) is 1.38. The summed E-state index contributed by atoms with van der Waals surface area (Å²) in [6.45, 7) is 2.85. The van der Waals surface area contributed by atoms with Gasteiger partial charge in [0.15, 0.2) is 5.11 Å². The van der Waals surface area contributed by atoms with E-state index in [1.54, 1.807) is 12.1 Å². The van der Waals surface area contributed by atoms with Gasteiger partial charge in [0.25, 0.3) is 0 Å². The average Bonchev–Trinajstić information content (AvgIpc) is 2.58. The van der Waals surface area contributed by atoms with Gasteiger partial charge < -0.3 is 10.6 Å². The number of hydrogen-bond donors (Lipinski definition) is 3. The molecule has 1 aromatic carbocycles. The number of benzene rings is 1. The van der Waals surface area contributed by atoms with Crippen molar-refractivity contribution in [2.75, 3.05) is 0 Å². The van der Waals surface area contributed by atoms with E-state index in [0.717, 1.165) is 23.3 Å². The highest BCUT2D eigenvalue weighted by atomic mass is 32.2. The molecule has 4 fully saturated rings. The first-order chi connectivity index (χ1) is 12.7. The lowest BCUT2D eigenvalue weighted by Crippen LogP contribution is -2.57. The molecule has 148 valence electrons. The lowest BCUT2D eigenvalue weighted by Gasteiger charge is -2.59. The van der Waals surface area contributed by atoms with Crippen LogP contribution < -0.4 is 15.8 Å². The number of nitrogens with two attached hydrogens (primary N) is 1. The van der Waals surface area contributed by atoms with Crippen LogP contribution in [-0.4, -0.2) is 19.6 Å². The van der Waals surface area contributed by atoms with Gasteiger partial charge in [-0.2, -0.15) is 0 Å². The molecule has 0 aromatic heterocycles. The minimum atomic E-state index is -3.65. The molecule has 0 radical (unpaired) electrons. The fourth-order valence-corrected chi connectivity index (χ4v) is 6.85. The number of primary sulfonamides is 1. The number of thiocarbonyl (C=S) groups is 1. The maximum Gasteiger partial charge on any atom is 0.238 e. The van der Waals surface area contributed by atoms with Crippen molar-refractivity contribution in [1.29, 1.82) is 0 Å². The highest BCUT2D eigenvalue weighted by Crippen LogP contribution is 2.61. The van der Waals surface area contributed by atoms with E-state index in [2.05, 4.69) is 17.6 Å². The molecule has 5 nitrogen and oxygen atoms in total. The number of hydrogen-bond acceptors (Lipinski definition) is 3. The van der Waals surface area contributed by atoms with Crippen molar-refractivity contribution in [2.24, 2.45) is 28.3 Å². The second-order valence-corrected chi connectivity index (χ2v) is 11.0. The highest BCUT2D eigenvalue weighted by molar-refractivity contribution is 7.89. The third-order valence-corrected chi connectivity index (χ3v) is 8.25. The van der Waals surface area contributed by atoms with Gasteiger partial charge in [0.1, 0.15) is 0 Å². The van der Waals surface area contributed by atoms with Crippen LogP contribution in [0.25, 0.3) is 0 Å². The van der Waals surface area contributed by atoms with Gasteiger partial charge in [-0.3, -0.25) is 0 Å². The third kappa shape index (κ3) is 4.00. The molecule has 5 rings (SSSR count). The van der Waals surface area contributed by atoms with Gasteiger partial charge in [0.05, 0.1) is 4.90 Å². The molecule has 4 bridgehead atoms. The Hall–Kier alpha value is -1.18. The van der Waals surface area contributed by atoms with Crippen molar-refractivity contribution < 1.29 is 8.42 Å². The van der Waals surface area contributed by atoms with E-state index >= 15 is 0 Å². The van der Waals surface area contributed by atoms with Crippen LogP contribution in [-0.2, 0) is 16.6 Å². The Morgan fingerprint density at radius 3 is 2.15 bits per heavy atom. The fourth-order valence-electron chi connectivity index (χ4n) is 6.09. The minimum absolute atomic E-state index is 0.127. The first-order valence-electron chi connectivity index (χ1n) is 9.90. The van der Waals surface area contributed by atoms with Crippen LogP contribution in [0.3, 0.4) is 0 Å². The summed E-state index contributed by atoms with van der Waals surface area (Å²) in [4.78, 5) is 0.127. The summed E-state index contributed by atoms with van der Waals surface area (Å²) in [5.74, 6) is 2.79. The fraction of sp³-hybridized carbons (Fsp3) is 0.650. The van der Waals surface area contributed by atoms with Crippen molar-refractivity contribution in [2.45, 2.75) is 62.9 Å². The molecule has 1 atom stereocenters. The molecule has 4 saturated carbocycles. The Morgan fingerprint density at radius 1 is 1.15 bits per heavy atom. The van der Waals surface area contributed by atoms with Crippen LogP contribution in [0, 0.1) is 23.2 Å².